The van der Waals surface area contributed by atoms with E-state index >= 15 is 0 Å². The van der Waals surface area contributed by atoms with Gasteiger partial charge in [0.05, 0.1) is 49.0 Å². The Hall–Kier alpha value is -4.09. The number of benzene rings is 1. The molecule has 2 aromatic heterocycles. The van der Waals surface area contributed by atoms with Gasteiger partial charge >= 0.3 is 0 Å². The van der Waals surface area contributed by atoms with E-state index in [0.717, 1.165) is 13.1 Å². The summed E-state index contributed by atoms with van der Waals surface area (Å²) in [7, 11) is 0. The molecule has 2 saturated heterocycles. The Kier molecular flexibility index (Phi) is 6.25. The quantitative estimate of drug-likeness (QED) is 0.113. The van der Waals surface area contributed by atoms with Gasteiger partial charge in [0, 0.05) is 25.1 Å². The number of ketones is 1. The largest absolute Gasteiger partial charge is 0.503 e. The van der Waals surface area contributed by atoms with E-state index in [1.54, 1.807) is 23.6 Å². The number of aromatic nitrogens is 2. The number of carbonyl (C=O) groups excluding carboxylic acids is 2. The molecule has 11 nitrogen and oxygen atoms in total. The zero-order chi connectivity index (χ0) is 25.4. The van der Waals surface area contributed by atoms with Crippen LogP contribution in [0, 0.1) is 17.0 Å². The number of quaternary nitrogens is 1. The molecule has 36 heavy (non-hydrogen) atoms. The maximum Gasteiger partial charge on any atom is 0.295 e. The minimum atomic E-state index is -0.875. The zero-order valence-corrected chi connectivity index (χ0v) is 19.8. The Morgan fingerprint density at radius 1 is 1.22 bits per heavy atom. The van der Waals surface area contributed by atoms with Gasteiger partial charge < -0.3 is 19.6 Å². The smallest absolute Gasteiger partial charge is 0.295 e. The van der Waals surface area contributed by atoms with Crippen LogP contribution in [0.5, 0.6) is 0 Å². The molecule has 0 bridgehead atoms. The number of morpholine rings is 1. The number of hydrogen-bond donors (Lipinski definition) is 3. The number of nitrogens with zero attached hydrogens (tertiary/aromatic N) is 3. The lowest BCUT2D eigenvalue weighted by Crippen LogP contribution is -3.14. The highest BCUT2D eigenvalue weighted by molar-refractivity contribution is 6.46. The summed E-state index contributed by atoms with van der Waals surface area (Å²) in [6, 6.07) is 10.4. The van der Waals surface area contributed by atoms with Gasteiger partial charge in [-0.25, -0.2) is 4.98 Å². The van der Waals surface area contributed by atoms with E-state index < -0.39 is 22.7 Å². The summed E-state index contributed by atoms with van der Waals surface area (Å²) in [5.74, 6) is -1.77. The van der Waals surface area contributed by atoms with Crippen molar-refractivity contribution >= 4 is 28.8 Å². The fraction of sp³-hybridized carbons (Fsp3) is 0.320. The second-order valence-corrected chi connectivity index (χ2v) is 9.01. The molecule has 2 fully saturated rings. The number of aliphatic hydroxyl groups is 1. The molecule has 2 aliphatic rings. The molecule has 3 aromatic rings. The molecule has 0 aliphatic carbocycles. The summed E-state index contributed by atoms with van der Waals surface area (Å²) in [6.07, 6.45) is 1.76. The Labute approximate surface area is 206 Å². The van der Waals surface area contributed by atoms with Gasteiger partial charge in [-0.3, -0.25) is 19.7 Å². The third kappa shape index (κ3) is 4.12. The molecule has 0 spiro atoms. The zero-order valence-electron chi connectivity index (χ0n) is 19.8. The molecular formula is C25H27N5O6+2. The number of H-pyrrole nitrogens is 1. The van der Waals surface area contributed by atoms with Crippen LogP contribution in [0.15, 0.2) is 54.2 Å². The molecule has 3 N–H and O–H groups in total. The number of non-ortho nitro benzene ring substituents is 1. The van der Waals surface area contributed by atoms with E-state index in [1.165, 1.54) is 34.1 Å². The predicted molar refractivity (Wildman–Crippen MR) is 127 cm³/mol. The fourth-order valence-electron chi connectivity index (χ4n) is 5.02. The number of amides is 1. The number of nitrogens with one attached hydrogen (secondary N) is 2. The predicted octanol–water partition coefficient (Wildman–Crippen LogP) is 0.307. The van der Waals surface area contributed by atoms with Gasteiger partial charge in [-0.2, -0.15) is 4.40 Å². The van der Waals surface area contributed by atoms with Crippen LogP contribution in [0.2, 0.25) is 0 Å². The highest BCUT2D eigenvalue weighted by atomic mass is 16.6. The lowest BCUT2D eigenvalue weighted by Gasteiger charge is -2.29. The van der Waals surface area contributed by atoms with Crippen LogP contribution < -0.4 is 9.30 Å². The number of pyridine rings is 1. The average Bonchev–Trinajstić information content (AvgIpc) is 3.35. The minimum Gasteiger partial charge on any atom is -0.503 e. The van der Waals surface area contributed by atoms with Crippen molar-refractivity contribution in [3.63, 3.8) is 0 Å². The number of Topliss-reactive ketones (excluding diaryl/α,β-unsaturated/α-hetero) is 1. The van der Waals surface area contributed by atoms with Gasteiger partial charge in [0.2, 0.25) is 5.69 Å². The molecule has 0 radical (unpaired) electrons. The van der Waals surface area contributed by atoms with Crippen LogP contribution in [-0.2, 0) is 14.3 Å². The number of carbonyl (C=O) groups is 2. The number of nitro groups is 1. The van der Waals surface area contributed by atoms with Crippen molar-refractivity contribution in [2.45, 2.75) is 13.0 Å². The number of aromatic amines is 1. The molecule has 1 amide bonds. The van der Waals surface area contributed by atoms with Crippen LogP contribution in [0.4, 0.5) is 5.69 Å². The van der Waals surface area contributed by atoms with Crippen LogP contribution in [0.1, 0.15) is 23.0 Å². The first-order chi connectivity index (χ1) is 17.4. The van der Waals surface area contributed by atoms with Gasteiger partial charge in [-0.1, -0.05) is 6.07 Å². The summed E-state index contributed by atoms with van der Waals surface area (Å²) in [4.78, 5) is 43.2. The number of imidazole rings is 1. The third-order valence-electron chi connectivity index (χ3n) is 6.86. The van der Waals surface area contributed by atoms with Crippen molar-refractivity contribution in [3.8, 4) is 0 Å². The molecule has 5 rings (SSSR count). The first-order valence-electron chi connectivity index (χ1n) is 11.8. The van der Waals surface area contributed by atoms with Crippen molar-refractivity contribution < 1.29 is 33.7 Å². The van der Waals surface area contributed by atoms with Crippen molar-refractivity contribution in [3.05, 3.63) is 81.3 Å². The monoisotopic (exact) mass is 493 g/mol. The van der Waals surface area contributed by atoms with E-state index in [9.17, 15) is 24.8 Å². The first-order valence-corrected chi connectivity index (χ1v) is 11.8. The van der Waals surface area contributed by atoms with Crippen molar-refractivity contribution in [1.29, 1.82) is 0 Å². The number of aliphatic hydroxyl groups excluding tert-OH is 1. The van der Waals surface area contributed by atoms with Gasteiger partial charge in [0.15, 0.2) is 5.76 Å². The molecule has 4 heterocycles. The van der Waals surface area contributed by atoms with E-state index in [0.29, 0.717) is 48.9 Å². The molecule has 1 unspecified atom stereocenters. The Morgan fingerprint density at radius 3 is 2.64 bits per heavy atom. The molecule has 1 aromatic carbocycles. The molecule has 2 aliphatic heterocycles. The Bertz CT molecular complexity index is 1370. The second kappa shape index (κ2) is 9.51. The minimum absolute atomic E-state index is 0.0359. The molecule has 11 heteroatoms. The maximum absolute atomic E-state index is 13.3. The fourth-order valence-corrected chi connectivity index (χ4v) is 5.02. The summed E-state index contributed by atoms with van der Waals surface area (Å²) in [5.41, 5.74) is 2.11. The van der Waals surface area contributed by atoms with E-state index in [-0.39, 0.29) is 17.0 Å². The maximum atomic E-state index is 13.3. The second-order valence-electron chi connectivity index (χ2n) is 9.01. The Morgan fingerprint density at radius 2 is 1.94 bits per heavy atom. The van der Waals surface area contributed by atoms with Gasteiger partial charge in [0.25, 0.3) is 23.0 Å². The number of hydrogen-bond acceptors (Lipinski definition) is 6. The molecule has 186 valence electrons. The third-order valence-corrected chi connectivity index (χ3v) is 6.86. The van der Waals surface area contributed by atoms with Crippen LogP contribution in [-0.4, -0.2) is 71.0 Å². The first kappa shape index (κ1) is 23.6. The summed E-state index contributed by atoms with van der Waals surface area (Å²) < 4.78 is 7.14. The van der Waals surface area contributed by atoms with E-state index in [1.807, 2.05) is 12.1 Å². The van der Waals surface area contributed by atoms with Crippen molar-refractivity contribution in [2.24, 2.45) is 0 Å². The van der Waals surface area contributed by atoms with Gasteiger partial charge in [-0.15, -0.1) is 0 Å². The van der Waals surface area contributed by atoms with E-state index in [4.69, 9.17) is 4.74 Å². The highest BCUT2D eigenvalue weighted by Crippen LogP contribution is 2.39. The van der Waals surface area contributed by atoms with Crippen molar-refractivity contribution in [2.75, 3.05) is 39.4 Å². The average molecular weight is 494 g/mol. The van der Waals surface area contributed by atoms with Crippen LogP contribution in [0.3, 0.4) is 0 Å². The summed E-state index contributed by atoms with van der Waals surface area (Å²) in [6.45, 7) is 5.56. The Balaban J connectivity index is 1.61. The van der Waals surface area contributed by atoms with Gasteiger partial charge in [-0.05, 0) is 23.8 Å². The number of nitro benzene ring substituents is 1. The SMILES string of the molecule is Cc1[nH]c2cccc[n+]2c1C(O)=C1C(=O)C(=O)N(CC[NH+]2CCOCC2)C1c1ccc([N+](=O)[O-])cc1. The van der Waals surface area contributed by atoms with Crippen LogP contribution >= 0.6 is 0 Å². The highest BCUT2D eigenvalue weighted by Gasteiger charge is 2.47. The summed E-state index contributed by atoms with van der Waals surface area (Å²) in [5, 5.41) is 22.7. The summed E-state index contributed by atoms with van der Waals surface area (Å²) >= 11 is 0. The lowest BCUT2D eigenvalue weighted by atomic mass is 9.96. The molecule has 0 saturated carbocycles. The van der Waals surface area contributed by atoms with Gasteiger partial charge in [0.1, 0.15) is 18.8 Å². The van der Waals surface area contributed by atoms with Crippen molar-refractivity contribution in [1.82, 2.24) is 9.88 Å². The number of likely N-dealkylation sites (tertiary alicyclic amines) is 1. The van der Waals surface area contributed by atoms with Crippen LogP contribution in [0.25, 0.3) is 11.4 Å². The number of aryl methyl sites for hydroxylation is 1. The molecule has 1 atom stereocenters. The number of rotatable bonds is 6. The lowest BCUT2D eigenvalue weighted by molar-refractivity contribution is -0.907. The number of fused-ring (bicyclic) bond motifs is 1. The normalized spacial score (nSPS) is 20.4. The van der Waals surface area contributed by atoms with E-state index in [2.05, 4.69) is 4.98 Å². The molecular weight excluding hydrogens is 466 g/mol. The standard InChI is InChI=1S/C25H25N5O6/c1-16-21(28-9-3-2-4-19(28)26-16)23(31)20-22(17-5-7-18(8-6-17)30(34)35)29(25(33)24(20)32)11-10-27-12-14-36-15-13-27/h2-9,22H,10-15H2,1H3,(H,31,32)/p+2. The number of ether oxygens (including phenoxy) is 1. The topological polar surface area (TPSA) is 134 Å².